The number of aldehydes is 1. The summed E-state index contributed by atoms with van der Waals surface area (Å²) in [6.45, 7) is 2.69. The molecule has 208 valence electrons. The molecule has 0 spiro atoms. The van der Waals surface area contributed by atoms with Crippen LogP contribution in [0.4, 0.5) is 0 Å². The van der Waals surface area contributed by atoms with Crippen molar-refractivity contribution in [2.45, 2.75) is 82.0 Å². The number of nitrogens with zero attached hydrogens (tertiary/aromatic N) is 1. The average Bonchev–Trinajstić information content (AvgIpc) is 3.31. The molecule has 8 nitrogen and oxygen atoms in total. The Bertz CT molecular complexity index is 994. The molecule has 0 aromatic heterocycles. The maximum atomic E-state index is 12.9. The number of quaternary nitrogens is 1. The second-order valence-corrected chi connectivity index (χ2v) is 13.5. The predicted molar refractivity (Wildman–Crippen MR) is 130 cm³/mol. The summed E-state index contributed by atoms with van der Waals surface area (Å²) in [7, 11) is 5.78. The number of carbonyl (C=O) groups is 3. The molecule has 4 aliphatic carbocycles. The molecular formula is C28H42BrNO7. The summed E-state index contributed by atoms with van der Waals surface area (Å²) in [5.41, 5.74) is -2.57. The lowest BCUT2D eigenvalue weighted by atomic mass is 9.41. The van der Waals surface area contributed by atoms with Gasteiger partial charge in [0.15, 0.2) is 6.54 Å². The molecule has 0 unspecified atom stereocenters. The molecule has 4 fully saturated rings. The van der Waals surface area contributed by atoms with Gasteiger partial charge < -0.3 is 45.9 Å². The molecule has 1 aliphatic heterocycles. The van der Waals surface area contributed by atoms with Crippen LogP contribution in [0.3, 0.4) is 0 Å². The highest BCUT2D eigenvalue weighted by atomic mass is 79.9. The van der Waals surface area contributed by atoms with Gasteiger partial charge in [-0.05, 0) is 74.7 Å². The number of fused-ring (bicyclic) bond motifs is 5. The van der Waals surface area contributed by atoms with Gasteiger partial charge in [-0.2, -0.15) is 0 Å². The number of rotatable bonds is 5. The van der Waals surface area contributed by atoms with Gasteiger partial charge >= 0.3 is 11.9 Å². The minimum Gasteiger partial charge on any atom is -1.00 e. The molecule has 2 N–H and O–H groups in total. The molecule has 0 saturated heterocycles. The number of aliphatic hydroxyl groups is 2. The van der Waals surface area contributed by atoms with E-state index in [1.165, 1.54) is 0 Å². The zero-order chi connectivity index (χ0) is 26.1. The lowest BCUT2D eigenvalue weighted by Crippen LogP contribution is -3.00. The smallest absolute Gasteiger partial charge is 0.362 e. The van der Waals surface area contributed by atoms with Crippen molar-refractivity contribution in [2.75, 3.05) is 34.3 Å². The summed E-state index contributed by atoms with van der Waals surface area (Å²) in [5, 5.41) is 24.3. The van der Waals surface area contributed by atoms with Gasteiger partial charge in [0, 0.05) is 17.9 Å². The van der Waals surface area contributed by atoms with Crippen LogP contribution in [0.5, 0.6) is 0 Å². The van der Waals surface area contributed by atoms with Crippen molar-refractivity contribution in [2.24, 2.45) is 28.6 Å². The number of carbonyl (C=O) groups excluding carboxylic acids is 3. The van der Waals surface area contributed by atoms with Crippen molar-refractivity contribution in [3.8, 4) is 0 Å². The highest BCUT2D eigenvalue weighted by molar-refractivity contribution is 5.85. The van der Waals surface area contributed by atoms with Crippen LogP contribution in [0, 0.1) is 28.6 Å². The van der Waals surface area contributed by atoms with Gasteiger partial charge in [-0.25, -0.2) is 9.59 Å². The van der Waals surface area contributed by atoms with Gasteiger partial charge in [0.1, 0.15) is 19.0 Å². The third kappa shape index (κ3) is 4.32. The van der Waals surface area contributed by atoms with Crippen LogP contribution in [0.2, 0.25) is 0 Å². The van der Waals surface area contributed by atoms with E-state index in [1.54, 1.807) is 6.08 Å². The molecular weight excluding hydrogens is 542 g/mol. The van der Waals surface area contributed by atoms with Crippen molar-refractivity contribution in [3.05, 3.63) is 11.6 Å². The Morgan fingerprint density at radius 3 is 2.43 bits per heavy atom. The summed E-state index contributed by atoms with van der Waals surface area (Å²) in [4.78, 5) is 37.1. The van der Waals surface area contributed by atoms with Crippen LogP contribution in [-0.2, 0) is 23.9 Å². The molecule has 0 radical (unpaired) electrons. The van der Waals surface area contributed by atoms with Crippen molar-refractivity contribution in [1.82, 2.24) is 0 Å². The summed E-state index contributed by atoms with van der Waals surface area (Å²) in [6.07, 6.45) is 7.36. The van der Waals surface area contributed by atoms with Crippen molar-refractivity contribution in [3.63, 3.8) is 0 Å². The number of esters is 2. The first kappa shape index (κ1) is 28.7. The molecule has 8 atom stereocenters. The lowest BCUT2D eigenvalue weighted by molar-refractivity contribution is -0.862. The first-order valence-corrected chi connectivity index (χ1v) is 13.6. The van der Waals surface area contributed by atoms with Crippen LogP contribution in [0.1, 0.15) is 64.7 Å². The molecule has 9 heteroatoms. The molecule has 5 aliphatic rings. The van der Waals surface area contributed by atoms with E-state index >= 15 is 0 Å². The minimum absolute atomic E-state index is 0. The fraction of sp³-hybridized carbons (Fsp3) is 0.821. The fourth-order valence-electron chi connectivity index (χ4n) is 9.03. The van der Waals surface area contributed by atoms with Gasteiger partial charge in [-0.1, -0.05) is 6.92 Å². The molecule has 37 heavy (non-hydrogen) atoms. The van der Waals surface area contributed by atoms with E-state index in [2.05, 4.69) is 6.92 Å². The normalized spacial score (nSPS) is 44.9. The number of hydrogen-bond donors (Lipinski definition) is 2. The number of halogens is 1. The van der Waals surface area contributed by atoms with Gasteiger partial charge in [-0.3, -0.25) is 0 Å². The molecule has 0 aromatic carbocycles. The quantitative estimate of drug-likeness (QED) is 0.247. The van der Waals surface area contributed by atoms with Crippen LogP contribution in [-0.4, -0.2) is 84.5 Å². The standard InChI is InChI=1S/C28H42NO7.BrH/c1-25-9-6-21-22(28(25,34)12-8-20(25)18-13-23(31)35-16-18)7-11-27(33)14-19(5-10-26(21,27)17-30)36-24(32)15-29(2,3)4;/h13,17,19-22,33-34H,5-12,14-16H2,1-4H3;1H/q+1;/p-1/t19-,20+,21-,22+,25+,26-,27-,28-;/m0./s1. The van der Waals surface area contributed by atoms with E-state index < -0.39 is 28.1 Å². The van der Waals surface area contributed by atoms with Gasteiger partial charge in [0.05, 0.1) is 37.8 Å². The number of cyclic esters (lactones) is 1. The second-order valence-electron chi connectivity index (χ2n) is 13.5. The number of ether oxygens (including phenoxy) is 2. The summed E-state index contributed by atoms with van der Waals surface area (Å²) in [5.74, 6) is -0.725. The Morgan fingerprint density at radius 1 is 1.11 bits per heavy atom. The second kappa shape index (κ2) is 9.42. The topological polar surface area (TPSA) is 110 Å². The Kier molecular flexibility index (Phi) is 7.31. The molecule has 0 aromatic rings. The molecule has 5 rings (SSSR count). The average molecular weight is 585 g/mol. The van der Waals surface area contributed by atoms with Crippen molar-refractivity contribution in [1.29, 1.82) is 0 Å². The summed E-state index contributed by atoms with van der Waals surface area (Å²) in [6, 6.07) is 0. The largest absolute Gasteiger partial charge is 1.00 e. The van der Waals surface area contributed by atoms with Crippen LogP contribution >= 0.6 is 0 Å². The zero-order valence-corrected chi connectivity index (χ0v) is 24.1. The molecule has 0 amide bonds. The SMILES string of the molecule is C[C@]12CC[C@H]3[C@@H](CC[C@]4(O)C[C@@H](OC(=O)C[N+](C)(C)C)CC[C@]34C=O)[C@@]1(O)CC[C@@H]2C1=CC(=O)OC1.[Br-]. The lowest BCUT2D eigenvalue weighted by Gasteiger charge is -2.65. The van der Waals surface area contributed by atoms with E-state index in [9.17, 15) is 24.6 Å². The predicted octanol–water partition coefficient (Wildman–Crippen LogP) is -0.841. The van der Waals surface area contributed by atoms with E-state index in [0.29, 0.717) is 43.2 Å². The van der Waals surface area contributed by atoms with E-state index in [4.69, 9.17) is 9.47 Å². The summed E-state index contributed by atoms with van der Waals surface area (Å²) < 4.78 is 11.4. The van der Waals surface area contributed by atoms with Crippen LogP contribution in [0.25, 0.3) is 0 Å². The third-order valence-electron chi connectivity index (χ3n) is 10.7. The van der Waals surface area contributed by atoms with E-state index in [0.717, 1.165) is 31.1 Å². The Labute approximate surface area is 230 Å². The van der Waals surface area contributed by atoms with Crippen LogP contribution < -0.4 is 17.0 Å². The van der Waals surface area contributed by atoms with Crippen molar-refractivity contribution < 1.29 is 55.5 Å². The third-order valence-corrected chi connectivity index (χ3v) is 10.7. The Hall–Kier alpha value is -1.29. The Morgan fingerprint density at radius 2 is 1.81 bits per heavy atom. The van der Waals surface area contributed by atoms with E-state index in [-0.39, 0.29) is 59.6 Å². The fourth-order valence-corrected chi connectivity index (χ4v) is 9.03. The van der Waals surface area contributed by atoms with Gasteiger partial charge in [-0.15, -0.1) is 0 Å². The maximum Gasteiger partial charge on any atom is 0.362 e. The number of likely N-dealkylation sites (N-methyl/N-ethyl adjacent to an activating group) is 1. The minimum atomic E-state index is -1.24. The van der Waals surface area contributed by atoms with Crippen LogP contribution in [0.15, 0.2) is 11.6 Å². The van der Waals surface area contributed by atoms with Crippen molar-refractivity contribution >= 4 is 18.2 Å². The molecule has 4 saturated carbocycles. The number of hydrogen-bond acceptors (Lipinski definition) is 7. The zero-order valence-electron chi connectivity index (χ0n) is 22.5. The Balaban J connectivity index is 0.00000320. The van der Waals surface area contributed by atoms with Gasteiger partial charge in [0.25, 0.3) is 0 Å². The first-order chi connectivity index (χ1) is 16.8. The maximum absolute atomic E-state index is 12.9. The summed E-state index contributed by atoms with van der Waals surface area (Å²) >= 11 is 0. The highest BCUT2D eigenvalue weighted by Gasteiger charge is 2.71. The molecule has 1 heterocycles. The monoisotopic (exact) mass is 583 g/mol. The van der Waals surface area contributed by atoms with E-state index in [1.807, 2.05) is 21.1 Å². The van der Waals surface area contributed by atoms with Gasteiger partial charge in [0.2, 0.25) is 0 Å². The molecule has 0 bridgehead atoms. The highest BCUT2D eigenvalue weighted by Crippen LogP contribution is 2.70. The first-order valence-electron chi connectivity index (χ1n) is 13.6.